The standard InChI is InChI=1S/C12H23O6P/c1-10(7-5-6-8-18-11(2)13)12(14)9-19(15,16-3)17-4/h10H,5-9H2,1-4H3. The molecule has 0 saturated heterocycles. The largest absolute Gasteiger partial charge is 0.466 e. The molecule has 0 aromatic heterocycles. The van der Waals surface area contributed by atoms with E-state index in [1.165, 1.54) is 21.1 Å². The first-order valence-corrected chi connectivity index (χ1v) is 7.94. The zero-order chi connectivity index (χ0) is 14.9. The Labute approximate surface area is 114 Å². The number of ketones is 1. The molecule has 0 aliphatic carbocycles. The third kappa shape index (κ3) is 8.14. The highest BCUT2D eigenvalue weighted by atomic mass is 31.2. The normalized spacial score (nSPS) is 13.1. The number of Topliss-reactive ketones (excluding diaryl/α,β-unsaturated/α-hetero) is 1. The van der Waals surface area contributed by atoms with Gasteiger partial charge in [0.1, 0.15) is 11.9 Å². The summed E-state index contributed by atoms with van der Waals surface area (Å²) in [6.07, 6.45) is 1.94. The second-order valence-corrected chi connectivity index (χ2v) is 6.61. The van der Waals surface area contributed by atoms with Crippen molar-refractivity contribution in [2.45, 2.75) is 33.1 Å². The van der Waals surface area contributed by atoms with E-state index in [0.717, 1.165) is 6.42 Å². The number of carbonyl (C=O) groups excluding carboxylic acids is 2. The average molecular weight is 294 g/mol. The minimum Gasteiger partial charge on any atom is -0.466 e. The minimum absolute atomic E-state index is 0.139. The molecule has 0 rings (SSSR count). The molecule has 1 unspecified atom stereocenters. The highest BCUT2D eigenvalue weighted by Crippen LogP contribution is 2.46. The van der Waals surface area contributed by atoms with Gasteiger partial charge in [0.25, 0.3) is 0 Å². The molecule has 6 nitrogen and oxygen atoms in total. The molecule has 0 bridgehead atoms. The van der Waals surface area contributed by atoms with Crippen LogP contribution >= 0.6 is 7.60 Å². The summed E-state index contributed by atoms with van der Waals surface area (Å²) in [7, 11) is -0.738. The maximum Gasteiger partial charge on any atom is 0.337 e. The number of ether oxygens (including phenoxy) is 1. The highest BCUT2D eigenvalue weighted by Gasteiger charge is 2.27. The maximum atomic E-state index is 11.8. The van der Waals surface area contributed by atoms with Crippen molar-refractivity contribution in [3.63, 3.8) is 0 Å². The Morgan fingerprint density at radius 3 is 2.21 bits per heavy atom. The van der Waals surface area contributed by atoms with E-state index in [4.69, 9.17) is 13.8 Å². The zero-order valence-electron chi connectivity index (χ0n) is 12.0. The van der Waals surface area contributed by atoms with E-state index in [-0.39, 0.29) is 23.8 Å². The van der Waals surface area contributed by atoms with E-state index in [2.05, 4.69) is 0 Å². The van der Waals surface area contributed by atoms with E-state index in [0.29, 0.717) is 19.4 Å². The number of hydrogen-bond donors (Lipinski definition) is 0. The molecule has 0 aliphatic heterocycles. The van der Waals surface area contributed by atoms with Crippen molar-refractivity contribution in [1.82, 2.24) is 0 Å². The third-order valence-corrected chi connectivity index (χ3v) is 4.60. The maximum absolute atomic E-state index is 11.8. The van der Waals surface area contributed by atoms with Crippen LogP contribution in [-0.4, -0.2) is 38.7 Å². The molecule has 1 atom stereocenters. The lowest BCUT2D eigenvalue weighted by Gasteiger charge is -2.15. The van der Waals surface area contributed by atoms with Crippen LogP contribution in [0.4, 0.5) is 0 Å². The van der Waals surface area contributed by atoms with Crippen LogP contribution in [0.15, 0.2) is 0 Å². The van der Waals surface area contributed by atoms with Crippen LogP contribution in [0.1, 0.15) is 33.1 Å². The number of carbonyl (C=O) groups is 2. The SMILES string of the molecule is COP(=O)(CC(=O)C(C)CCCCOC(C)=O)OC. The van der Waals surface area contributed by atoms with E-state index in [1.807, 2.05) is 0 Å². The van der Waals surface area contributed by atoms with Crippen molar-refractivity contribution in [1.29, 1.82) is 0 Å². The van der Waals surface area contributed by atoms with Gasteiger partial charge in [0.05, 0.1) is 6.61 Å². The number of unbranched alkanes of at least 4 members (excludes halogenated alkanes) is 1. The highest BCUT2D eigenvalue weighted by molar-refractivity contribution is 7.54. The average Bonchev–Trinajstić information content (AvgIpc) is 2.37. The first kappa shape index (κ1) is 18.3. The van der Waals surface area contributed by atoms with E-state index >= 15 is 0 Å². The Balaban J connectivity index is 3.94. The van der Waals surface area contributed by atoms with Crippen molar-refractivity contribution < 1.29 is 27.9 Å². The number of esters is 1. The lowest BCUT2D eigenvalue weighted by Crippen LogP contribution is -2.17. The van der Waals surface area contributed by atoms with Gasteiger partial charge in [0.2, 0.25) is 0 Å². The van der Waals surface area contributed by atoms with Gasteiger partial charge in [0, 0.05) is 27.1 Å². The van der Waals surface area contributed by atoms with Gasteiger partial charge in [-0.1, -0.05) is 6.92 Å². The first-order chi connectivity index (χ1) is 8.84. The molecule has 0 radical (unpaired) electrons. The van der Waals surface area contributed by atoms with E-state index < -0.39 is 7.60 Å². The molecule has 0 saturated carbocycles. The number of hydrogen-bond acceptors (Lipinski definition) is 6. The van der Waals surface area contributed by atoms with Crippen LogP contribution < -0.4 is 0 Å². The Bertz CT molecular complexity index is 333. The van der Waals surface area contributed by atoms with Crippen LogP contribution in [-0.2, 0) is 27.9 Å². The molecule has 7 heteroatoms. The van der Waals surface area contributed by atoms with Gasteiger partial charge in [-0.05, 0) is 19.3 Å². The van der Waals surface area contributed by atoms with E-state index in [1.54, 1.807) is 6.92 Å². The molecule has 0 aromatic rings. The predicted octanol–water partition coefficient (Wildman–Crippen LogP) is 2.41. The van der Waals surface area contributed by atoms with Crippen molar-refractivity contribution in [2.24, 2.45) is 5.92 Å². The quantitative estimate of drug-likeness (QED) is 0.350. The predicted molar refractivity (Wildman–Crippen MR) is 71.1 cm³/mol. The molecule has 0 fully saturated rings. The lowest BCUT2D eigenvalue weighted by molar-refractivity contribution is -0.141. The van der Waals surface area contributed by atoms with Gasteiger partial charge in [-0.3, -0.25) is 14.2 Å². The smallest absolute Gasteiger partial charge is 0.337 e. The summed E-state index contributed by atoms with van der Waals surface area (Å²) >= 11 is 0. The molecular formula is C12H23O6P. The molecule has 0 heterocycles. The van der Waals surface area contributed by atoms with Crippen molar-refractivity contribution in [3.05, 3.63) is 0 Å². The zero-order valence-corrected chi connectivity index (χ0v) is 12.9. The summed E-state index contributed by atoms with van der Waals surface area (Å²) < 4.78 is 26.0. The molecule has 19 heavy (non-hydrogen) atoms. The number of rotatable bonds is 10. The summed E-state index contributed by atoms with van der Waals surface area (Å²) in [5.41, 5.74) is 0. The first-order valence-electron chi connectivity index (χ1n) is 6.21. The van der Waals surface area contributed by atoms with Gasteiger partial charge in [-0.15, -0.1) is 0 Å². The van der Waals surface area contributed by atoms with Crippen LogP contribution in [0.2, 0.25) is 0 Å². The van der Waals surface area contributed by atoms with Crippen LogP contribution in [0.25, 0.3) is 0 Å². The fraction of sp³-hybridized carbons (Fsp3) is 0.833. The van der Waals surface area contributed by atoms with Crippen LogP contribution in [0.3, 0.4) is 0 Å². The molecule has 0 spiro atoms. The monoisotopic (exact) mass is 294 g/mol. The summed E-state index contributed by atoms with van der Waals surface area (Å²) in [5.74, 6) is -0.652. The third-order valence-electron chi connectivity index (χ3n) is 2.79. The van der Waals surface area contributed by atoms with E-state index in [9.17, 15) is 14.2 Å². The second-order valence-electron chi connectivity index (χ2n) is 4.34. The molecular weight excluding hydrogens is 271 g/mol. The van der Waals surface area contributed by atoms with Crippen molar-refractivity contribution in [3.8, 4) is 0 Å². The fourth-order valence-corrected chi connectivity index (χ4v) is 2.58. The van der Waals surface area contributed by atoms with Crippen molar-refractivity contribution in [2.75, 3.05) is 27.0 Å². The Morgan fingerprint density at radius 1 is 1.16 bits per heavy atom. The van der Waals surface area contributed by atoms with Gasteiger partial charge in [0.15, 0.2) is 0 Å². The van der Waals surface area contributed by atoms with Gasteiger partial charge >= 0.3 is 13.6 Å². The summed E-state index contributed by atoms with van der Waals surface area (Å²) in [6.45, 7) is 3.51. The minimum atomic E-state index is -3.27. The van der Waals surface area contributed by atoms with Gasteiger partial charge < -0.3 is 13.8 Å². The summed E-state index contributed by atoms with van der Waals surface area (Å²) in [4.78, 5) is 22.4. The van der Waals surface area contributed by atoms with Crippen LogP contribution in [0.5, 0.6) is 0 Å². The van der Waals surface area contributed by atoms with Crippen LogP contribution in [0, 0.1) is 5.92 Å². The van der Waals surface area contributed by atoms with Crippen molar-refractivity contribution >= 4 is 19.3 Å². The molecule has 0 aromatic carbocycles. The summed E-state index contributed by atoms with van der Waals surface area (Å²) in [6, 6.07) is 0. The second kappa shape index (κ2) is 9.23. The Kier molecular flexibility index (Phi) is 8.89. The molecule has 0 aliphatic rings. The Morgan fingerprint density at radius 2 is 1.74 bits per heavy atom. The summed E-state index contributed by atoms with van der Waals surface area (Å²) in [5, 5.41) is 0. The Hall–Kier alpha value is -0.710. The topological polar surface area (TPSA) is 78.9 Å². The lowest BCUT2D eigenvalue weighted by atomic mass is 10.0. The molecule has 112 valence electrons. The molecule has 0 N–H and O–H groups in total. The van der Waals surface area contributed by atoms with Gasteiger partial charge in [-0.25, -0.2) is 0 Å². The molecule has 0 amide bonds. The fourth-order valence-electron chi connectivity index (χ4n) is 1.48. The van der Waals surface area contributed by atoms with Gasteiger partial charge in [-0.2, -0.15) is 0 Å².